The van der Waals surface area contributed by atoms with E-state index in [1.807, 2.05) is 6.92 Å². The van der Waals surface area contributed by atoms with Gasteiger partial charge >= 0.3 is 0 Å². The number of carbonyl (C=O) groups excluding carboxylic acids is 1. The number of halogens is 1. The van der Waals surface area contributed by atoms with Crippen LogP contribution in [-0.4, -0.2) is 43.6 Å². The highest BCUT2D eigenvalue weighted by Crippen LogP contribution is 2.21. The summed E-state index contributed by atoms with van der Waals surface area (Å²) >= 11 is 6.15. The van der Waals surface area contributed by atoms with Crippen LogP contribution < -0.4 is 5.32 Å². The molecule has 3 rings (SSSR count). The fourth-order valence-electron chi connectivity index (χ4n) is 2.16. The van der Waals surface area contributed by atoms with E-state index in [-0.39, 0.29) is 12.2 Å². The molecule has 0 spiro atoms. The van der Waals surface area contributed by atoms with Crippen molar-refractivity contribution in [2.24, 2.45) is 7.05 Å². The third-order valence-electron chi connectivity index (χ3n) is 3.52. The molecule has 0 amide bonds. The number of ketones is 1. The number of hydrogen-bond acceptors (Lipinski definition) is 5. The smallest absolute Gasteiger partial charge is 0.190 e. The minimum atomic E-state index is -0.103. The molecule has 1 aliphatic rings. The second-order valence-electron chi connectivity index (χ2n) is 4.97. The zero-order valence-corrected chi connectivity index (χ0v) is 12.1. The van der Waals surface area contributed by atoms with Gasteiger partial charge in [0.05, 0.1) is 35.1 Å². The van der Waals surface area contributed by atoms with Crippen LogP contribution in [0.3, 0.4) is 0 Å². The lowest BCUT2D eigenvalue weighted by Gasteiger charge is -2.26. The molecule has 7 nitrogen and oxygen atoms in total. The van der Waals surface area contributed by atoms with Crippen molar-refractivity contribution in [2.75, 3.05) is 13.1 Å². The predicted octanol–water partition coefficient (Wildman–Crippen LogP) is 0.543. The van der Waals surface area contributed by atoms with E-state index in [4.69, 9.17) is 11.6 Å². The molecular formula is C12H15ClN6O. The first-order valence-corrected chi connectivity index (χ1v) is 6.77. The van der Waals surface area contributed by atoms with Gasteiger partial charge in [-0.25, -0.2) is 4.68 Å². The van der Waals surface area contributed by atoms with E-state index in [9.17, 15) is 4.79 Å². The van der Waals surface area contributed by atoms with Gasteiger partial charge < -0.3 is 5.32 Å². The van der Waals surface area contributed by atoms with Crippen LogP contribution in [-0.2, 0) is 13.5 Å². The van der Waals surface area contributed by atoms with E-state index >= 15 is 0 Å². The standard InChI is InChI=1S/C12H15ClN6O/c1-7-12(13)10(18(2)16-7)3-11(20)9-6-19(17-15-9)8-4-14-5-8/h6,8,14H,3-5H2,1-2H3. The quantitative estimate of drug-likeness (QED) is 0.833. The largest absolute Gasteiger partial charge is 0.312 e. The summed E-state index contributed by atoms with van der Waals surface area (Å²) in [5.74, 6) is -0.103. The summed E-state index contributed by atoms with van der Waals surface area (Å²) in [5, 5.41) is 15.8. The summed E-state index contributed by atoms with van der Waals surface area (Å²) in [6.07, 6.45) is 1.88. The van der Waals surface area contributed by atoms with Gasteiger partial charge in [0, 0.05) is 20.1 Å². The highest BCUT2D eigenvalue weighted by Gasteiger charge is 2.23. The molecule has 0 bridgehead atoms. The Morgan fingerprint density at radius 2 is 2.30 bits per heavy atom. The molecule has 0 aromatic carbocycles. The Labute approximate surface area is 120 Å². The van der Waals surface area contributed by atoms with Gasteiger partial charge in [0.1, 0.15) is 5.69 Å². The SMILES string of the molecule is Cc1nn(C)c(CC(=O)c2cn(C3CNC3)nn2)c1Cl. The molecule has 0 unspecified atom stereocenters. The molecule has 2 aromatic rings. The molecule has 0 radical (unpaired) electrons. The molecule has 2 aromatic heterocycles. The fraction of sp³-hybridized carbons (Fsp3) is 0.500. The number of aryl methyl sites for hydroxylation is 2. The van der Waals surface area contributed by atoms with Crippen molar-refractivity contribution in [2.45, 2.75) is 19.4 Å². The van der Waals surface area contributed by atoms with E-state index < -0.39 is 0 Å². The second kappa shape index (κ2) is 4.99. The van der Waals surface area contributed by atoms with Gasteiger partial charge in [-0.15, -0.1) is 5.10 Å². The van der Waals surface area contributed by atoms with E-state index in [2.05, 4.69) is 20.7 Å². The van der Waals surface area contributed by atoms with Crippen molar-refractivity contribution in [1.82, 2.24) is 30.1 Å². The van der Waals surface area contributed by atoms with Gasteiger partial charge in [0.2, 0.25) is 0 Å². The van der Waals surface area contributed by atoms with Crippen molar-refractivity contribution < 1.29 is 4.79 Å². The Kier molecular flexibility index (Phi) is 3.31. The number of rotatable bonds is 4. The van der Waals surface area contributed by atoms with Crippen LogP contribution in [0.1, 0.15) is 27.9 Å². The Morgan fingerprint density at radius 3 is 2.85 bits per heavy atom. The average molecular weight is 295 g/mol. The minimum absolute atomic E-state index is 0.103. The highest BCUT2D eigenvalue weighted by atomic mass is 35.5. The van der Waals surface area contributed by atoms with Crippen molar-refractivity contribution >= 4 is 17.4 Å². The Hall–Kier alpha value is -1.73. The van der Waals surface area contributed by atoms with Crippen molar-refractivity contribution in [3.8, 4) is 0 Å². The molecule has 106 valence electrons. The number of carbonyl (C=O) groups is 1. The molecule has 0 saturated carbocycles. The summed E-state index contributed by atoms with van der Waals surface area (Å²) < 4.78 is 3.37. The zero-order chi connectivity index (χ0) is 14.3. The van der Waals surface area contributed by atoms with E-state index in [1.54, 1.807) is 22.6 Å². The molecule has 1 aliphatic heterocycles. The first-order valence-electron chi connectivity index (χ1n) is 6.40. The summed E-state index contributed by atoms with van der Waals surface area (Å²) in [6, 6.07) is 0.298. The molecule has 0 atom stereocenters. The van der Waals surface area contributed by atoms with E-state index in [0.717, 1.165) is 18.8 Å². The summed E-state index contributed by atoms with van der Waals surface area (Å²) in [5.41, 5.74) is 1.79. The predicted molar refractivity (Wildman–Crippen MR) is 72.9 cm³/mol. The number of Topliss-reactive ketones (excluding diaryl/α,β-unsaturated/α-hetero) is 1. The second-order valence-corrected chi connectivity index (χ2v) is 5.34. The van der Waals surface area contributed by atoms with Crippen molar-refractivity contribution in [3.63, 3.8) is 0 Å². The summed E-state index contributed by atoms with van der Waals surface area (Å²) in [7, 11) is 1.78. The van der Waals surface area contributed by atoms with Crippen LogP contribution in [0.15, 0.2) is 6.20 Å². The van der Waals surface area contributed by atoms with Crippen LogP contribution in [0.2, 0.25) is 5.02 Å². The van der Waals surface area contributed by atoms with Crippen molar-refractivity contribution in [3.05, 3.63) is 28.3 Å². The van der Waals surface area contributed by atoms with Gasteiger partial charge in [0.15, 0.2) is 5.78 Å². The van der Waals surface area contributed by atoms with Crippen LogP contribution in [0.5, 0.6) is 0 Å². The summed E-state index contributed by atoms with van der Waals surface area (Å²) in [6.45, 7) is 3.55. The molecule has 1 N–H and O–H groups in total. The van der Waals surface area contributed by atoms with Gasteiger partial charge in [-0.3, -0.25) is 9.48 Å². The number of aromatic nitrogens is 5. The monoisotopic (exact) mass is 294 g/mol. The van der Waals surface area contributed by atoms with Gasteiger partial charge in [-0.05, 0) is 6.92 Å². The first-order chi connectivity index (χ1) is 9.56. The molecule has 20 heavy (non-hydrogen) atoms. The van der Waals surface area contributed by atoms with Crippen LogP contribution in [0, 0.1) is 6.92 Å². The Bertz CT molecular complexity index is 657. The van der Waals surface area contributed by atoms with Crippen LogP contribution in [0.4, 0.5) is 0 Å². The third-order valence-corrected chi connectivity index (χ3v) is 4.01. The van der Waals surface area contributed by atoms with E-state index in [1.165, 1.54) is 0 Å². The average Bonchev–Trinajstić information content (AvgIpc) is 2.89. The summed E-state index contributed by atoms with van der Waals surface area (Å²) in [4.78, 5) is 12.2. The normalized spacial score (nSPS) is 15.3. The van der Waals surface area contributed by atoms with Crippen LogP contribution in [0.25, 0.3) is 0 Å². The fourth-order valence-corrected chi connectivity index (χ4v) is 2.39. The molecule has 1 saturated heterocycles. The first kappa shape index (κ1) is 13.3. The topological polar surface area (TPSA) is 77.6 Å². The minimum Gasteiger partial charge on any atom is -0.312 e. The molecule has 8 heteroatoms. The molecular weight excluding hydrogens is 280 g/mol. The Balaban J connectivity index is 1.77. The highest BCUT2D eigenvalue weighted by molar-refractivity contribution is 6.32. The number of hydrogen-bond donors (Lipinski definition) is 1. The number of nitrogens with zero attached hydrogens (tertiary/aromatic N) is 5. The van der Waals surface area contributed by atoms with E-state index in [0.29, 0.717) is 22.5 Å². The van der Waals surface area contributed by atoms with Crippen molar-refractivity contribution in [1.29, 1.82) is 0 Å². The number of nitrogens with one attached hydrogen (secondary N) is 1. The maximum absolute atomic E-state index is 12.2. The molecule has 3 heterocycles. The van der Waals surface area contributed by atoms with Gasteiger partial charge in [0.25, 0.3) is 0 Å². The molecule has 0 aliphatic carbocycles. The van der Waals surface area contributed by atoms with Crippen LogP contribution >= 0.6 is 11.6 Å². The van der Waals surface area contributed by atoms with Gasteiger partial charge in [-0.1, -0.05) is 16.8 Å². The maximum atomic E-state index is 12.2. The Morgan fingerprint density at radius 1 is 1.55 bits per heavy atom. The van der Waals surface area contributed by atoms with Gasteiger partial charge in [-0.2, -0.15) is 5.10 Å². The zero-order valence-electron chi connectivity index (χ0n) is 11.3. The maximum Gasteiger partial charge on any atom is 0.190 e. The lowest BCUT2D eigenvalue weighted by molar-refractivity contribution is 0.0986. The third kappa shape index (κ3) is 2.23. The lowest BCUT2D eigenvalue weighted by atomic mass is 10.1. The molecule has 1 fully saturated rings. The lowest BCUT2D eigenvalue weighted by Crippen LogP contribution is -2.43.